The summed E-state index contributed by atoms with van der Waals surface area (Å²) in [6.45, 7) is 4.65. The maximum Gasteiger partial charge on any atom is 0.142 e. The maximum atomic E-state index is 4.51. The first kappa shape index (κ1) is 14.9. The predicted molar refractivity (Wildman–Crippen MR) is 99.3 cm³/mol. The van der Waals surface area contributed by atoms with Crippen molar-refractivity contribution in [2.75, 3.05) is 31.6 Å². The number of hydrogen-bond donors (Lipinski definition) is 1. The van der Waals surface area contributed by atoms with E-state index < -0.39 is 0 Å². The van der Waals surface area contributed by atoms with Crippen LogP contribution in [0.25, 0.3) is 11.0 Å². The van der Waals surface area contributed by atoms with Crippen molar-refractivity contribution < 1.29 is 0 Å². The first-order valence-corrected chi connectivity index (χ1v) is 9.05. The second-order valence-corrected chi connectivity index (χ2v) is 7.49. The molecule has 1 aliphatic heterocycles. The molecule has 128 valence electrons. The van der Waals surface area contributed by atoms with Crippen molar-refractivity contribution in [3.63, 3.8) is 0 Å². The number of benzene rings is 1. The molecule has 2 aromatic heterocycles. The lowest BCUT2D eigenvalue weighted by atomic mass is 10.2. The van der Waals surface area contributed by atoms with Crippen LogP contribution in [-0.2, 0) is 6.54 Å². The van der Waals surface area contributed by atoms with E-state index in [-0.39, 0.29) is 0 Å². The van der Waals surface area contributed by atoms with Gasteiger partial charge in [0.25, 0.3) is 0 Å². The van der Waals surface area contributed by atoms with Crippen molar-refractivity contribution in [1.29, 1.82) is 0 Å². The van der Waals surface area contributed by atoms with Crippen LogP contribution in [0.15, 0.2) is 48.9 Å². The van der Waals surface area contributed by atoms with Crippen LogP contribution < -0.4 is 4.90 Å². The average Bonchev–Trinajstić information content (AvgIpc) is 3.01. The molecule has 5 rings (SSSR count). The fraction of sp³-hybridized carbons (Fsp3) is 0.400. The summed E-state index contributed by atoms with van der Waals surface area (Å²) in [5.74, 6) is 3.56. The third-order valence-electron chi connectivity index (χ3n) is 5.88. The van der Waals surface area contributed by atoms with Gasteiger partial charge in [0.1, 0.15) is 17.8 Å². The minimum atomic E-state index is 0.806. The van der Waals surface area contributed by atoms with E-state index in [1.54, 1.807) is 6.33 Å². The molecule has 1 aromatic carbocycles. The molecule has 5 nitrogen and oxygen atoms in total. The van der Waals surface area contributed by atoms with Gasteiger partial charge in [-0.3, -0.25) is 4.90 Å². The maximum absolute atomic E-state index is 4.51. The lowest BCUT2D eigenvalue weighted by molar-refractivity contribution is 0.278. The molecule has 0 bridgehead atoms. The molecule has 3 atom stereocenters. The fourth-order valence-electron chi connectivity index (χ4n) is 4.54. The molecule has 3 aromatic rings. The van der Waals surface area contributed by atoms with Gasteiger partial charge in [-0.15, -0.1) is 0 Å². The summed E-state index contributed by atoms with van der Waals surface area (Å²) < 4.78 is 0. The summed E-state index contributed by atoms with van der Waals surface area (Å²) in [7, 11) is 2.16. The Balaban J connectivity index is 1.20. The predicted octanol–water partition coefficient (Wildman–Crippen LogP) is 2.77. The van der Waals surface area contributed by atoms with E-state index in [1.165, 1.54) is 18.7 Å². The van der Waals surface area contributed by atoms with Crippen LogP contribution in [0.3, 0.4) is 0 Å². The van der Waals surface area contributed by atoms with Crippen molar-refractivity contribution >= 4 is 16.9 Å². The Morgan fingerprint density at radius 1 is 1.12 bits per heavy atom. The Morgan fingerprint density at radius 2 is 1.92 bits per heavy atom. The van der Waals surface area contributed by atoms with Gasteiger partial charge in [0, 0.05) is 39.4 Å². The van der Waals surface area contributed by atoms with Gasteiger partial charge in [-0.2, -0.15) is 0 Å². The lowest BCUT2D eigenvalue weighted by Gasteiger charge is -2.23. The summed E-state index contributed by atoms with van der Waals surface area (Å²) >= 11 is 0. The van der Waals surface area contributed by atoms with Crippen LogP contribution in [0.2, 0.25) is 0 Å². The van der Waals surface area contributed by atoms with E-state index in [4.69, 9.17) is 0 Å². The Morgan fingerprint density at radius 3 is 2.72 bits per heavy atom. The minimum Gasteiger partial charge on any atom is -0.359 e. The molecule has 25 heavy (non-hydrogen) atoms. The molecule has 2 aliphatic rings. The first-order chi connectivity index (χ1) is 12.3. The van der Waals surface area contributed by atoms with Gasteiger partial charge in [0.05, 0.1) is 5.39 Å². The van der Waals surface area contributed by atoms with Crippen LogP contribution in [0.5, 0.6) is 0 Å². The number of piperidine rings is 1. The van der Waals surface area contributed by atoms with Gasteiger partial charge in [0.15, 0.2) is 0 Å². The van der Waals surface area contributed by atoms with Crippen molar-refractivity contribution in [1.82, 2.24) is 19.9 Å². The third-order valence-corrected chi connectivity index (χ3v) is 5.88. The quantitative estimate of drug-likeness (QED) is 0.780. The molecule has 3 heterocycles. The Bertz CT molecular complexity index is 862. The first-order valence-electron chi connectivity index (χ1n) is 9.05. The molecule has 1 N–H and O–H groups in total. The molecule has 1 unspecified atom stereocenters. The molecule has 1 aliphatic carbocycles. The van der Waals surface area contributed by atoms with Crippen molar-refractivity contribution in [2.24, 2.45) is 17.8 Å². The Kier molecular flexibility index (Phi) is 3.48. The van der Waals surface area contributed by atoms with Gasteiger partial charge in [0.2, 0.25) is 0 Å². The second-order valence-electron chi connectivity index (χ2n) is 7.49. The number of anilines is 1. The number of aromatic amines is 1. The number of fused-ring (bicyclic) bond motifs is 2. The van der Waals surface area contributed by atoms with E-state index in [9.17, 15) is 0 Å². The number of nitrogens with zero attached hydrogens (tertiary/aromatic N) is 4. The highest BCUT2D eigenvalue weighted by molar-refractivity contribution is 5.87. The topological polar surface area (TPSA) is 48.1 Å². The van der Waals surface area contributed by atoms with Crippen LogP contribution in [0.4, 0.5) is 5.82 Å². The third kappa shape index (κ3) is 2.68. The van der Waals surface area contributed by atoms with Crippen molar-refractivity contribution in [3.05, 3.63) is 54.5 Å². The van der Waals surface area contributed by atoms with Gasteiger partial charge in [-0.25, -0.2) is 9.97 Å². The molecule has 2 fully saturated rings. The Hall–Kier alpha value is -2.40. The summed E-state index contributed by atoms with van der Waals surface area (Å²) in [5, 5.41) is 1.11. The Labute approximate surface area is 147 Å². The number of H-pyrrole nitrogens is 1. The minimum absolute atomic E-state index is 0.806. The van der Waals surface area contributed by atoms with Crippen LogP contribution in [0.1, 0.15) is 5.56 Å². The van der Waals surface area contributed by atoms with Gasteiger partial charge >= 0.3 is 0 Å². The number of hydrogen-bond acceptors (Lipinski definition) is 4. The lowest BCUT2D eigenvalue weighted by Crippen LogP contribution is -2.29. The second kappa shape index (κ2) is 5.85. The number of rotatable bonds is 5. The molecule has 5 heteroatoms. The molecular formula is C20H23N5. The van der Waals surface area contributed by atoms with Crippen molar-refractivity contribution in [3.8, 4) is 0 Å². The smallest absolute Gasteiger partial charge is 0.142 e. The highest BCUT2D eigenvalue weighted by Gasteiger charge is 2.55. The van der Waals surface area contributed by atoms with Crippen LogP contribution in [-0.4, -0.2) is 46.5 Å². The van der Waals surface area contributed by atoms with E-state index in [0.29, 0.717) is 0 Å². The van der Waals surface area contributed by atoms with Gasteiger partial charge in [-0.05, 0) is 29.4 Å². The summed E-state index contributed by atoms with van der Waals surface area (Å²) in [6.07, 6.45) is 3.59. The van der Waals surface area contributed by atoms with E-state index >= 15 is 0 Å². The molecule has 0 spiro atoms. The average molecular weight is 333 g/mol. The molecule has 1 saturated carbocycles. The highest BCUT2D eigenvalue weighted by Crippen LogP contribution is 2.52. The number of aromatic nitrogens is 3. The zero-order valence-electron chi connectivity index (χ0n) is 14.5. The van der Waals surface area contributed by atoms with Crippen LogP contribution in [0, 0.1) is 17.8 Å². The molecule has 0 amide bonds. The molecule has 1 saturated heterocycles. The number of likely N-dealkylation sites (tertiary alicyclic amines) is 1. The zero-order valence-corrected chi connectivity index (χ0v) is 14.5. The SMILES string of the molecule is CN(CC1[C@H]2CN(Cc3ccccc3)C[C@@H]12)c1ncnc2[nH]ccc12. The van der Waals surface area contributed by atoms with E-state index in [2.05, 4.69) is 68.2 Å². The monoisotopic (exact) mass is 333 g/mol. The summed E-state index contributed by atoms with van der Waals surface area (Å²) in [4.78, 5) is 16.9. The summed E-state index contributed by atoms with van der Waals surface area (Å²) in [6, 6.07) is 12.9. The largest absolute Gasteiger partial charge is 0.359 e. The highest BCUT2D eigenvalue weighted by atomic mass is 15.2. The van der Waals surface area contributed by atoms with Crippen LogP contribution >= 0.6 is 0 Å². The zero-order chi connectivity index (χ0) is 16.8. The molecular weight excluding hydrogens is 310 g/mol. The van der Waals surface area contributed by atoms with Gasteiger partial charge in [-0.1, -0.05) is 30.3 Å². The molecule has 0 radical (unpaired) electrons. The fourth-order valence-corrected chi connectivity index (χ4v) is 4.54. The summed E-state index contributed by atoms with van der Waals surface area (Å²) in [5.41, 5.74) is 2.34. The number of nitrogens with one attached hydrogen (secondary N) is 1. The van der Waals surface area contributed by atoms with Gasteiger partial charge < -0.3 is 9.88 Å². The van der Waals surface area contributed by atoms with Crippen molar-refractivity contribution in [2.45, 2.75) is 6.54 Å². The van der Waals surface area contributed by atoms with E-state index in [1.807, 2.05) is 6.20 Å². The van der Waals surface area contributed by atoms with E-state index in [0.717, 1.165) is 47.7 Å². The normalized spacial score (nSPS) is 25.2. The standard InChI is InChI=1S/C20H23N5/c1-24(20-15-7-8-21-19(15)22-13-23-20)10-16-17-11-25(12-18(16)17)9-14-5-3-2-4-6-14/h2-8,13,16-18H,9-12H2,1H3,(H,21,22,23)/t16?,17-,18+.